The van der Waals surface area contributed by atoms with Gasteiger partial charge in [0.25, 0.3) is 0 Å². The van der Waals surface area contributed by atoms with Crippen molar-refractivity contribution in [1.82, 2.24) is 0 Å². The van der Waals surface area contributed by atoms with Crippen LogP contribution in [-0.4, -0.2) is 29.8 Å². The molecule has 1 aromatic rings. The van der Waals surface area contributed by atoms with E-state index in [9.17, 15) is 14.4 Å². The number of Topliss-reactive ketones (excluding diaryl/α,β-unsaturated/α-hetero) is 2. The largest absolute Gasteiger partial charge is 0.497 e. The Bertz CT molecular complexity index is 404. The number of carbonyl (C=O) groups excluding carboxylic acids is 2. The summed E-state index contributed by atoms with van der Waals surface area (Å²) in [7, 11) is 1.46. The molecule has 0 aliphatic carbocycles. The van der Waals surface area contributed by atoms with Gasteiger partial charge in [-0.3, -0.25) is 9.59 Å². The number of ether oxygens (including phenoxy) is 1. The van der Waals surface area contributed by atoms with E-state index in [4.69, 9.17) is 9.84 Å². The van der Waals surface area contributed by atoms with Crippen molar-refractivity contribution >= 4 is 17.5 Å². The summed E-state index contributed by atoms with van der Waals surface area (Å²) in [4.78, 5) is 32.3. The van der Waals surface area contributed by atoms with Gasteiger partial charge in [-0.05, 0) is 24.3 Å². The van der Waals surface area contributed by atoms with E-state index in [0.717, 1.165) is 0 Å². The second-order valence-corrected chi connectivity index (χ2v) is 2.69. The molecular formula is C10H8O5. The summed E-state index contributed by atoms with van der Waals surface area (Å²) in [6, 6.07) is 5.62. The van der Waals surface area contributed by atoms with Crippen LogP contribution in [0.5, 0.6) is 5.75 Å². The van der Waals surface area contributed by atoms with Crippen molar-refractivity contribution in [2.45, 2.75) is 0 Å². The minimum atomic E-state index is -1.75. The highest BCUT2D eigenvalue weighted by Crippen LogP contribution is 2.11. The lowest BCUT2D eigenvalue weighted by Crippen LogP contribution is -2.23. The van der Waals surface area contributed by atoms with Gasteiger partial charge in [0, 0.05) is 5.56 Å². The average Bonchev–Trinajstić information content (AvgIpc) is 2.27. The van der Waals surface area contributed by atoms with Crippen molar-refractivity contribution < 1.29 is 24.2 Å². The van der Waals surface area contributed by atoms with Crippen LogP contribution < -0.4 is 4.74 Å². The summed E-state index contributed by atoms with van der Waals surface area (Å²) < 4.78 is 4.84. The fourth-order valence-corrected chi connectivity index (χ4v) is 0.971. The average molecular weight is 208 g/mol. The van der Waals surface area contributed by atoms with Crippen LogP contribution in [0, 0.1) is 0 Å². The van der Waals surface area contributed by atoms with Gasteiger partial charge >= 0.3 is 11.8 Å². The Kier molecular flexibility index (Phi) is 3.17. The molecule has 0 saturated carbocycles. The zero-order valence-electron chi connectivity index (χ0n) is 7.89. The zero-order valence-corrected chi connectivity index (χ0v) is 7.89. The van der Waals surface area contributed by atoms with Crippen LogP contribution in [0.15, 0.2) is 24.3 Å². The Morgan fingerprint density at radius 2 is 1.67 bits per heavy atom. The predicted molar refractivity (Wildman–Crippen MR) is 50.0 cm³/mol. The molecule has 1 rings (SSSR count). The Balaban J connectivity index is 2.92. The molecule has 5 heteroatoms. The number of carbonyl (C=O) groups is 3. The van der Waals surface area contributed by atoms with E-state index in [2.05, 4.69) is 0 Å². The van der Waals surface area contributed by atoms with Crippen LogP contribution in [-0.2, 0) is 9.59 Å². The fraction of sp³-hybridized carbons (Fsp3) is 0.100. The van der Waals surface area contributed by atoms with Crippen LogP contribution in [0.4, 0.5) is 0 Å². The zero-order chi connectivity index (χ0) is 11.4. The molecule has 0 saturated heterocycles. The molecule has 0 fully saturated rings. The van der Waals surface area contributed by atoms with Gasteiger partial charge in [0.05, 0.1) is 7.11 Å². The number of hydrogen-bond donors (Lipinski definition) is 1. The molecule has 5 nitrogen and oxygen atoms in total. The highest BCUT2D eigenvalue weighted by molar-refractivity contribution is 6.65. The van der Waals surface area contributed by atoms with E-state index in [0.29, 0.717) is 5.75 Å². The number of benzene rings is 1. The summed E-state index contributed by atoms with van der Waals surface area (Å²) in [5, 5.41) is 8.32. The number of rotatable bonds is 4. The van der Waals surface area contributed by atoms with E-state index in [1.807, 2.05) is 0 Å². The third kappa shape index (κ3) is 2.40. The summed E-state index contributed by atoms with van der Waals surface area (Å²) in [5.74, 6) is -3.71. The summed E-state index contributed by atoms with van der Waals surface area (Å²) >= 11 is 0. The monoisotopic (exact) mass is 208 g/mol. The standard InChI is InChI=1S/C10H8O5/c1-15-7-4-2-6(3-5-7)8(11)9(12)10(13)14/h2-5H,1H3,(H,13,14). The van der Waals surface area contributed by atoms with Crippen molar-refractivity contribution in [1.29, 1.82) is 0 Å². The fourth-order valence-electron chi connectivity index (χ4n) is 0.971. The molecule has 0 unspecified atom stereocenters. The maximum atomic E-state index is 11.2. The van der Waals surface area contributed by atoms with Gasteiger partial charge in [-0.2, -0.15) is 0 Å². The van der Waals surface area contributed by atoms with Crippen molar-refractivity contribution in [2.24, 2.45) is 0 Å². The maximum Gasteiger partial charge on any atom is 0.380 e. The normalized spacial score (nSPS) is 9.40. The molecule has 0 radical (unpaired) electrons. The SMILES string of the molecule is COc1ccc(C(=O)C(=O)C(=O)O)cc1. The van der Waals surface area contributed by atoms with Gasteiger partial charge in [0.2, 0.25) is 5.78 Å². The van der Waals surface area contributed by atoms with Crippen LogP contribution in [0.25, 0.3) is 0 Å². The second kappa shape index (κ2) is 4.36. The number of hydrogen-bond acceptors (Lipinski definition) is 4. The summed E-state index contributed by atoms with van der Waals surface area (Å²) in [6.07, 6.45) is 0. The van der Waals surface area contributed by atoms with Crippen LogP contribution >= 0.6 is 0 Å². The molecule has 0 amide bonds. The third-order valence-electron chi connectivity index (χ3n) is 1.75. The van der Waals surface area contributed by atoms with E-state index >= 15 is 0 Å². The van der Waals surface area contributed by atoms with Gasteiger partial charge in [0.15, 0.2) is 0 Å². The highest BCUT2D eigenvalue weighted by Gasteiger charge is 2.22. The molecule has 0 aliphatic rings. The van der Waals surface area contributed by atoms with Gasteiger partial charge in [-0.15, -0.1) is 0 Å². The topological polar surface area (TPSA) is 80.7 Å². The quantitative estimate of drug-likeness (QED) is 0.443. The number of carboxylic acid groups (broad SMARTS) is 1. The van der Waals surface area contributed by atoms with Gasteiger partial charge in [0.1, 0.15) is 5.75 Å². The molecule has 0 spiro atoms. The molecule has 0 aromatic heterocycles. The molecular weight excluding hydrogens is 200 g/mol. The molecule has 15 heavy (non-hydrogen) atoms. The lowest BCUT2D eigenvalue weighted by molar-refractivity contribution is -0.146. The number of methoxy groups -OCH3 is 1. The van der Waals surface area contributed by atoms with Crippen molar-refractivity contribution in [3.63, 3.8) is 0 Å². The number of ketones is 2. The molecule has 1 N–H and O–H groups in total. The van der Waals surface area contributed by atoms with E-state index in [-0.39, 0.29) is 5.56 Å². The molecule has 0 atom stereocenters. The van der Waals surface area contributed by atoms with Crippen molar-refractivity contribution in [3.8, 4) is 5.75 Å². The maximum absolute atomic E-state index is 11.2. The first kappa shape index (κ1) is 10.9. The molecule has 0 aliphatic heterocycles. The van der Waals surface area contributed by atoms with Crippen molar-refractivity contribution in [3.05, 3.63) is 29.8 Å². The van der Waals surface area contributed by atoms with Crippen LogP contribution in [0.2, 0.25) is 0 Å². The van der Waals surface area contributed by atoms with Gasteiger partial charge in [-0.25, -0.2) is 4.79 Å². The third-order valence-corrected chi connectivity index (χ3v) is 1.75. The minimum absolute atomic E-state index is 0.0307. The Morgan fingerprint density at radius 1 is 1.13 bits per heavy atom. The smallest absolute Gasteiger partial charge is 0.380 e. The van der Waals surface area contributed by atoms with E-state index < -0.39 is 17.5 Å². The lowest BCUT2D eigenvalue weighted by Gasteiger charge is -2.00. The van der Waals surface area contributed by atoms with Crippen LogP contribution in [0.1, 0.15) is 10.4 Å². The molecule has 1 aromatic carbocycles. The van der Waals surface area contributed by atoms with Crippen LogP contribution in [0.3, 0.4) is 0 Å². The van der Waals surface area contributed by atoms with E-state index in [1.165, 1.54) is 31.4 Å². The highest BCUT2D eigenvalue weighted by atomic mass is 16.5. The summed E-state index contributed by atoms with van der Waals surface area (Å²) in [6.45, 7) is 0. The Hall–Kier alpha value is -2.17. The first-order valence-corrected chi connectivity index (χ1v) is 4.02. The minimum Gasteiger partial charge on any atom is -0.497 e. The Morgan fingerprint density at radius 3 is 2.07 bits per heavy atom. The first-order chi connectivity index (χ1) is 7.06. The number of aliphatic carboxylic acids is 1. The number of carboxylic acids is 1. The molecule has 0 heterocycles. The molecule has 0 bridgehead atoms. The lowest BCUT2D eigenvalue weighted by atomic mass is 10.1. The van der Waals surface area contributed by atoms with Gasteiger partial charge in [-0.1, -0.05) is 0 Å². The van der Waals surface area contributed by atoms with Crippen molar-refractivity contribution in [2.75, 3.05) is 7.11 Å². The predicted octanol–water partition coefficient (Wildman–Crippen LogP) is 0.532. The summed E-state index contributed by atoms with van der Waals surface area (Å²) in [5.41, 5.74) is 0.0307. The van der Waals surface area contributed by atoms with E-state index in [1.54, 1.807) is 0 Å². The second-order valence-electron chi connectivity index (χ2n) is 2.69. The first-order valence-electron chi connectivity index (χ1n) is 4.02. The molecule has 78 valence electrons. The Labute approximate surface area is 85.3 Å². The van der Waals surface area contributed by atoms with Gasteiger partial charge < -0.3 is 9.84 Å².